The lowest BCUT2D eigenvalue weighted by Gasteiger charge is -2.22. The number of rotatable bonds is 2. The lowest BCUT2D eigenvalue weighted by atomic mass is 9.81. The van der Waals surface area contributed by atoms with Gasteiger partial charge in [-0.2, -0.15) is 0 Å². The topological polar surface area (TPSA) is 83.7 Å². The van der Waals surface area contributed by atoms with Crippen molar-refractivity contribution in [3.05, 3.63) is 0 Å². The third-order valence-electron chi connectivity index (χ3n) is 6.49. The summed E-state index contributed by atoms with van der Waals surface area (Å²) in [4.78, 5) is 40.6. The molecule has 2 heterocycles. The van der Waals surface area contributed by atoms with Crippen LogP contribution >= 0.6 is 0 Å². The van der Waals surface area contributed by atoms with Gasteiger partial charge < -0.3 is 10.6 Å². The zero-order chi connectivity index (χ0) is 16.1. The molecule has 126 valence electrons. The maximum Gasteiger partial charge on any atom is 0.242 e. The fourth-order valence-electron chi connectivity index (χ4n) is 5.13. The monoisotopic (exact) mass is 319 g/mol. The minimum absolute atomic E-state index is 0.0701. The SMILES string of the molecule is NC1CCC2CN(C(=O)CN3C(=O)C4CCCCC4C3=O)CC12. The van der Waals surface area contributed by atoms with Crippen molar-refractivity contribution >= 4 is 17.7 Å². The molecular weight excluding hydrogens is 294 g/mol. The Bertz CT molecular complexity index is 525. The Balaban J connectivity index is 1.41. The fraction of sp³-hybridized carbons (Fsp3) is 0.824. The summed E-state index contributed by atoms with van der Waals surface area (Å²) in [6.07, 6.45) is 5.74. The maximum atomic E-state index is 12.6. The Morgan fingerprint density at radius 2 is 1.65 bits per heavy atom. The molecule has 4 rings (SSSR count). The summed E-state index contributed by atoms with van der Waals surface area (Å²) >= 11 is 0. The minimum atomic E-state index is -0.171. The summed E-state index contributed by atoms with van der Waals surface area (Å²) < 4.78 is 0. The van der Waals surface area contributed by atoms with Crippen molar-refractivity contribution in [2.24, 2.45) is 29.4 Å². The van der Waals surface area contributed by atoms with Crippen molar-refractivity contribution in [2.45, 2.75) is 44.6 Å². The predicted molar refractivity (Wildman–Crippen MR) is 82.9 cm³/mol. The van der Waals surface area contributed by atoms with Gasteiger partial charge in [0.2, 0.25) is 17.7 Å². The van der Waals surface area contributed by atoms with Crippen LogP contribution < -0.4 is 5.73 Å². The Kier molecular flexibility index (Phi) is 3.67. The average Bonchev–Trinajstić information content (AvgIpc) is 3.19. The van der Waals surface area contributed by atoms with Crippen LogP contribution in [0.4, 0.5) is 0 Å². The van der Waals surface area contributed by atoms with E-state index < -0.39 is 0 Å². The Morgan fingerprint density at radius 1 is 1.00 bits per heavy atom. The molecule has 6 nitrogen and oxygen atoms in total. The largest absolute Gasteiger partial charge is 0.341 e. The number of hydrogen-bond acceptors (Lipinski definition) is 4. The standard InChI is InChI=1S/C17H25N3O3/c18-14-6-5-10-7-19(8-13(10)14)15(21)9-20-16(22)11-3-1-2-4-12(11)17(20)23/h10-14H,1-9,18H2. The Labute approximate surface area is 136 Å². The predicted octanol–water partition coefficient (Wildman–Crippen LogP) is 0.357. The highest BCUT2D eigenvalue weighted by atomic mass is 16.2. The molecule has 0 aromatic heterocycles. The summed E-state index contributed by atoms with van der Waals surface area (Å²) in [5, 5.41) is 0. The van der Waals surface area contributed by atoms with E-state index in [2.05, 4.69) is 0 Å². The molecule has 6 heteroatoms. The van der Waals surface area contributed by atoms with Crippen LogP contribution in [-0.4, -0.2) is 53.2 Å². The number of likely N-dealkylation sites (tertiary alicyclic amines) is 2. The van der Waals surface area contributed by atoms with Gasteiger partial charge in [-0.3, -0.25) is 19.3 Å². The second kappa shape index (κ2) is 5.58. The molecule has 0 radical (unpaired) electrons. The molecule has 4 fully saturated rings. The normalized spacial score (nSPS) is 39.8. The second-order valence-corrected chi connectivity index (χ2v) is 7.72. The van der Waals surface area contributed by atoms with E-state index in [0.29, 0.717) is 18.4 Å². The quantitative estimate of drug-likeness (QED) is 0.745. The van der Waals surface area contributed by atoms with Crippen molar-refractivity contribution in [1.29, 1.82) is 0 Å². The average molecular weight is 319 g/mol. The summed E-state index contributed by atoms with van der Waals surface area (Å²) in [6.45, 7) is 1.35. The van der Waals surface area contributed by atoms with Crippen molar-refractivity contribution < 1.29 is 14.4 Å². The molecule has 4 aliphatic rings. The summed E-state index contributed by atoms with van der Waals surface area (Å²) in [5.41, 5.74) is 6.11. The van der Waals surface area contributed by atoms with Crippen LogP contribution in [-0.2, 0) is 14.4 Å². The number of amides is 3. The smallest absolute Gasteiger partial charge is 0.242 e. The first-order valence-corrected chi connectivity index (χ1v) is 8.95. The molecule has 2 saturated carbocycles. The molecule has 0 spiro atoms. The molecule has 2 saturated heterocycles. The highest BCUT2D eigenvalue weighted by molar-refractivity contribution is 6.07. The van der Waals surface area contributed by atoms with Gasteiger partial charge in [-0.15, -0.1) is 0 Å². The highest BCUT2D eigenvalue weighted by Crippen LogP contribution is 2.39. The van der Waals surface area contributed by atoms with Gasteiger partial charge in [0, 0.05) is 19.1 Å². The van der Waals surface area contributed by atoms with Gasteiger partial charge in [0.1, 0.15) is 6.54 Å². The van der Waals surface area contributed by atoms with Crippen LogP contribution in [0.2, 0.25) is 0 Å². The van der Waals surface area contributed by atoms with E-state index in [-0.39, 0.29) is 42.1 Å². The van der Waals surface area contributed by atoms with Gasteiger partial charge in [-0.1, -0.05) is 12.8 Å². The van der Waals surface area contributed by atoms with E-state index >= 15 is 0 Å². The van der Waals surface area contributed by atoms with Crippen molar-refractivity contribution in [3.63, 3.8) is 0 Å². The number of nitrogens with two attached hydrogens (primary N) is 1. The van der Waals surface area contributed by atoms with Crippen molar-refractivity contribution in [1.82, 2.24) is 9.80 Å². The van der Waals surface area contributed by atoms with E-state index in [1.165, 1.54) is 4.90 Å². The van der Waals surface area contributed by atoms with Gasteiger partial charge in [-0.25, -0.2) is 0 Å². The van der Waals surface area contributed by atoms with Gasteiger partial charge >= 0.3 is 0 Å². The molecule has 2 aliphatic carbocycles. The molecule has 0 bridgehead atoms. The second-order valence-electron chi connectivity index (χ2n) is 7.72. The molecular formula is C17H25N3O3. The number of imide groups is 1. The molecule has 3 amide bonds. The van der Waals surface area contributed by atoms with E-state index in [1.807, 2.05) is 4.90 Å². The van der Waals surface area contributed by atoms with E-state index in [4.69, 9.17) is 5.73 Å². The molecule has 2 N–H and O–H groups in total. The maximum absolute atomic E-state index is 12.6. The number of carbonyl (C=O) groups excluding carboxylic acids is 3. The molecule has 2 aliphatic heterocycles. The molecule has 0 aromatic rings. The molecule has 23 heavy (non-hydrogen) atoms. The molecule has 5 unspecified atom stereocenters. The first-order chi connectivity index (χ1) is 11.1. The van der Waals surface area contributed by atoms with Gasteiger partial charge in [0.25, 0.3) is 0 Å². The first kappa shape index (κ1) is 15.1. The van der Waals surface area contributed by atoms with E-state index in [1.54, 1.807) is 0 Å². The van der Waals surface area contributed by atoms with Crippen LogP contribution in [0, 0.1) is 23.7 Å². The number of fused-ring (bicyclic) bond motifs is 2. The van der Waals surface area contributed by atoms with Gasteiger partial charge in [-0.05, 0) is 37.5 Å². The summed E-state index contributed by atoms with van der Waals surface area (Å²) in [7, 11) is 0. The molecule has 5 atom stereocenters. The Morgan fingerprint density at radius 3 is 2.26 bits per heavy atom. The van der Waals surface area contributed by atoms with Crippen LogP contribution in [0.1, 0.15) is 38.5 Å². The third kappa shape index (κ3) is 2.38. The first-order valence-electron chi connectivity index (χ1n) is 8.95. The minimum Gasteiger partial charge on any atom is -0.341 e. The Hall–Kier alpha value is -1.43. The van der Waals surface area contributed by atoms with Gasteiger partial charge in [0.05, 0.1) is 11.8 Å². The molecule has 0 aromatic carbocycles. The van der Waals surface area contributed by atoms with E-state index in [9.17, 15) is 14.4 Å². The van der Waals surface area contributed by atoms with Crippen molar-refractivity contribution in [2.75, 3.05) is 19.6 Å². The van der Waals surface area contributed by atoms with Crippen LogP contribution in [0.15, 0.2) is 0 Å². The lowest BCUT2D eigenvalue weighted by Crippen LogP contribution is -2.43. The zero-order valence-electron chi connectivity index (χ0n) is 13.4. The third-order valence-corrected chi connectivity index (χ3v) is 6.49. The zero-order valence-corrected chi connectivity index (χ0v) is 13.4. The lowest BCUT2D eigenvalue weighted by molar-refractivity contribution is -0.146. The number of nitrogens with zero attached hydrogens (tertiary/aromatic N) is 2. The van der Waals surface area contributed by atoms with Crippen LogP contribution in [0.5, 0.6) is 0 Å². The van der Waals surface area contributed by atoms with Gasteiger partial charge in [0.15, 0.2) is 0 Å². The van der Waals surface area contributed by atoms with Crippen molar-refractivity contribution in [3.8, 4) is 0 Å². The summed E-state index contributed by atoms with van der Waals surface area (Å²) in [5.74, 6) is 0.221. The van der Waals surface area contributed by atoms with Crippen LogP contribution in [0.25, 0.3) is 0 Å². The summed E-state index contributed by atoms with van der Waals surface area (Å²) in [6, 6.07) is 0.190. The number of hydrogen-bond donors (Lipinski definition) is 1. The van der Waals surface area contributed by atoms with E-state index in [0.717, 1.165) is 45.1 Å². The fourth-order valence-corrected chi connectivity index (χ4v) is 5.13. The van der Waals surface area contributed by atoms with Crippen LogP contribution in [0.3, 0.4) is 0 Å². The number of carbonyl (C=O) groups is 3. The highest BCUT2D eigenvalue weighted by Gasteiger charge is 2.49.